The molecular formula is C32H34F2N4O5. The van der Waals surface area contributed by atoms with Gasteiger partial charge in [-0.25, -0.2) is 8.78 Å². The number of methoxy groups -OCH3 is 1. The lowest BCUT2D eigenvalue weighted by atomic mass is 9.99. The fourth-order valence-electron chi connectivity index (χ4n) is 4.87. The van der Waals surface area contributed by atoms with Crippen LogP contribution in [-0.4, -0.2) is 55.6 Å². The van der Waals surface area contributed by atoms with Crippen molar-refractivity contribution < 1.29 is 32.9 Å². The van der Waals surface area contributed by atoms with E-state index in [0.717, 1.165) is 32.0 Å². The zero-order valence-corrected chi connectivity index (χ0v) is 23.7. The fraction of sp³-hybridized carbons (Fsp3) is 0.312. The Kier molecular flexibility index (Phi) is 9.98. The number of rotatable bonds is 12. The van der Waals surface area contributed by atoms with Crippen molar-refractivity contribution in [2.75, 3.05) is 38.7 Å². The summed E-state index contributed by atoms with van der Waals surface area (Å²) >= 11 is 0. The molecule has 1 saturated heterocycles. The minimum atomic E-state index is -1.57. The number of hydrogen-bond donors (Lipinski definition) is 4. The van der Waals surface area contributed by atoms with E-state index in [1.807, 2.05) is 0 Å². The van der Waals surface area contributed by atoms with Gasteiger partial charge < -0.3 is 30.0 Å². The monoisotopic (exact) mass is 592 g/mol. The van der Waals surface area contributed by atoms with Crippen LogP contribution < -0.4 is 30.2 Å². The van der Waals surface area contributed by atoms with Crippen molar-refractivity contribution in [3.63, 3.8) is 0 Å². The number of aromatic nitrogens is 1. The Hall–Kier alpha value is -4.32. The number of piperidine rings is 1. The molecule has 226 valence electrons. The molecule has 4 aromatic rings. The molecule has 1 fully saturated rings. The number of ether oxygens (including phenoxy) is 3. The van der Waals surface area contributed by atoms with Crippen LogP contribution in [-0.2, 0) is 11.2 Å². The second kappa shape index (κ2) is 14.2. The zero-order chi connectivity index (χ0) is 30.2. The van der Waals surface area contributed by atoms with Gasteiger partial charge in [0.05, 0.1) is 19.2 Å². The van der Waals surface area contributed by atoms with E-state index in [2.05, 4.69) is 20.9 Å². The first-order valence-electron chi connectivity index (χ1n) is 14.1. The number of aliphatic hydroxyl groups is 1. The highest BCUT2D eigenvalue weighted by Crippen LogP contribution is 2.38. The second-order valence-electron chi connectivity index (χ2n) is 10.3. The number of aliphatic hydroxyl groups excluding tert-OH is 1. The molecule has 9 nitrogen and oxygen atoms in total. The molecule has 0 bridgehead atoms. The van der Waals surface area contributed by atoms with Crippen molar-refractivity contribution in [1.29, 1.82) is 0 Å². The Morgan fingerprint density at radius 3 is 2.60 bits per heavy atom. The van der Waals surface area contributed by atoms with E-state index >= 15 is 4.39 Å². The van der Waals surface area contributed by atoms with Gasteiger partial charge in [0.2, 0.25) is 0 Å². The van der Waals surface area contributed by atoms with Gasteiger partial charge in [0.25, 0.3) is 5.91 Å². The summed E-state index contributed by atoms with van der Waals surface area (Å²) in [4.78, 5) is 16.8. The molecule has 11 heteroatoms. The number of fused-ring (bicyclic) bond motifs is 1. The average molecular weight is 593 g/mol. The number of halogens is 2. The summed E-state index contributed by atoms with van der Waals surface area (Å²) in [6.45, 7) is 2.70. The highest BCUT2D eigenvalue weighted by Gasteiger charge is 2.19. The Bertz CT molecular complexity index is 1560. The van der Waals surface area contributed by atoms with Gasteiger partial charge in [-0.3, -0.25) is 15.1 Å². The van der Waals surface area contributed by atoms with Crippen LogP contribution in [0, 0.1) is 17.6 Å². The maximum atomic E-state index is 15.0. The summed E-state index contributed by atoms with van der Waals surface area (Å²) in [6.07, 6.45) is 2.37. The van der Waals surface area contributed by atoms with E-state index in [9.17, 15) is 14.3 Å². The van der Waals surface area contributed by atoms with E-state index in [4.69, 9.17) is 14.2 Å². The third-order valence-corrected chi connectivity index (χ3v) is 7.28. The van der Waals surface area contributed by atoms with E-state index in [0.29, 0.717) is 46.2 Å². The van der Waals surface area contributed by atoms with Crippen molar-refractivity contribution in [1.82, 2.24) is 15.6 Å². The van der Waals surface area contributed by atoms with Crippen LogP contribution in [0.25, 0.3) is 10.9 Å². The minimum Gasteiger partial charge on any atom is -0.493 e. The zero-order valence-electron chi connectivity index (χ0n) is 23.7. The Balaban J connectivity index is 1.22. The van der Waals surface area contributed by atoms with Crippen molar-refractivity contribution in [3.05, 3.63) is 84.1 Å². The van der Waals surface area contributed by atoms with Crippen LogP contribution in [0.5, 0.6) is 23.0 Å². The minimum absolute atomic E-state index is 0.0701. The molecule has 1 aliphatic heterocycles. The quantitative estimate of drug-likeness (QED) is 0.174. The molecule has 3 aromatic carbocycles. The predicted molar refractivity (Wildman–Crippen MR) is 159 cm³/mol. The molecule has 1 aromatic heterocycles. The normalized spacial score (nSPS) is 14.3. The maximum Gasteiger partial charge on any atom is 0.268 e. The molecule has 1 amide bonds. The molecule has 0 saturated carbocycles. The van der Waals surface area contributed by atoms with Crippen LogP contribution >= 0.6 is 0 Å². The topological polar surface area (TPSA) is 114 Å². The van der Waals surface area contributed by atoms with E-state index < -0.39 is 18.0 Å². The molecule has 1 unspecified atom stereocenters. The number of carbonyl (C=O) groups is 1. The standard InChI is InChI=1S/C32H34F2N4O5/c1-41-29-17-23-26(18-30(29)42-19-20-8-12-35-13-9-20)36-15-11-27(23)43-28-7-6-22(16-25(28)34)38-32(40)31(39)37-14-10-21-4-2-3-5-24(21)33/h2-7,11,15-18,20,31,35,37,39H,8-10,12-14,19H2,1H3,(H,38,40). The summed E-state index contributed by atoms with van der Waals surface area (Å²) in [7, 11) is 1.55. The molecule has 43 heavy (non-hydrogen) atoms. The van der Waals surface area contributed by atoms with E-state index in [-0.39, 0.29) is 30.2 Å². The molecule has 1 aliphatic rings. The first-order chi connectivity index (χ1) is 20.9. The van der Waals surface area contributed by atoms with E-state index in [1.165, 1.54) is 18.2 Å². The van der Waals surface area contributed by atoms with Gasteiger partial charge in [0.15, 0.2) is 29.3 Å². The molecule has 0 radical (unpaired) electrons. The third kappa shape index (κ3) is 7.75. The number of benzene rings is 3. The van der Waals surface area contributed by atoms with Crippen LogP contribution in [0.1, 0.15) is 18.4 Å². The largest absolute Gasteiger partial charge is 0.493 e. The number of amides is 1. The summed E-state index contributed by atoms with van der Waals surface area (Å²) in [5.74, 6) is -0.0256. The SMILES string of the molecule is COc1cc2c(Oc3ccc(NC(=O)C(O)NCCc4ccccc4F)cc3F)ccnc2cc1OCC1CCNCC1. The lowest BCUT2D eigenvalue weighted by Crippen LogP contribution is -2.41. The molecule has 0 aliphatic carbocycles. The number of pyridine rings is 1. The van der Waals surface area contributed by atoms with Crippen LogP contribution in [0.2, 0.25) is 0 Å². The summed E-state index contributed by atoms with van der Waals surface area (Å²) < 4.78 is 46.4. The molecule has 1 atom stereocenters. The van der Waals surface area contributed by atoms with E-state index in [1.54, 1.807) is 49.7 Å². The van der Waals surface area contributed by atoms with Gasteiger partial charge in [-0.1, -0.05) is 18.2 Å². The van der Waals surface area contributed by atoms with Crippen molar-refractivity contribution >= 4 is 22.5 Å². The van der Waals surface area contributed by atoms with Gasteiger partial charge in [-0.2, -0.15) is 0 Å². The second-order valence-corrected chi connectivity index (χ2v) is 10.3. The first-order valence-corrected chi connectivity index (χ1v) is 14.1. The maximum absolute atomic E-state index is 15.0. The molecule has 4 N–H and O–H groups in total. The van der Waals surface area contributed by atoms with Crippen LogP contribution in [0.4, 0.5) is 14.5 Å². The molecule has 2 heterocycles. The fourth-order valence-corrected chi connectivity index (χ4v) is 4.87. The van der Waals surface area contributed by atoms with Crippen LogP contribution in [0.3, 0.4) is 0 Å². The van der Waals surface area contributed by atoms with Gasteiger partial charge in [0, 0.05) is 35.9 Å². The Morgan fingerprint density at radius 1 is 1.02 bits per heavy atom. The van der Waals surface area contributed by atoms with Gasteiger partial charge >= 0.3 is 0 Å². The predicted octanol–water partition coefficient (Wildman–Crippen LogP) is 4.78. The lowest BCUT2D eigenvalue weighted by molar-refractivity contribution is -0.125. The molecular weight excluding hydrogens is 558 g/mol. The Labute approximate surface area is 248 Å². The highest BCUT2D eigenvalue weighted by atomic mass is 19.1. The lowest BCUT2D eigenvalue weighted by Gasteiger charge is -2.23. The third-order valence-electron chi connectivity index (χ3n) is 7.28. The average Bonchev–Trinajstić information content (AvgIpc) is 3.02. The van der Waals surface area contributed by atoms with Crippen molar-refractivity contribution in [2.24, 2.45) is 5.92 Å². The summed E-state index contributed by atoms with van der Waals surface area (Å²) in [5, 5.41) is 19.2. The smallest absolute Gasteiger partial charge is 0.268 e. The van der Waals surface area contributed by atoms with Crippen LogP contribution in [0.15, 0.2) is 66.9 Å². The number of anilines is 1. The van der Waals surface area contributed by atoms with Gasteiger partial charge in [-0.05, 0) is 74.2 Å². The summed E-state index contributed by atoms with van der Waals surface area (Å²) in [5.41, 5.74) is 1.18. The number of carbonyl (C=O) groups excluding carboxylic acids is 1. The number of nitrogens with zero attached hydrogens (tertiary/aromatic N) is 1. The number of nitrogens with one attached hydrogen (secondary N) is 3. The molecule has 0 spiro atoms. The highest BCUT2D eigenvalue weighted by molar-refractivity contribution is 5.93. The Morgan fingerprint density at radius 2 is 1.84 bits per heavy atom. The van der Waals surface area contributed by atoms with Gasteiger partial charge in [-0.15, -0.1) is 0 Å². The number of hydrogen-bond acceptors (Lipinski definition) is 8. The van der Waals surface area contributed by atoms with Gasteiger partial charge in [0.1, 0.15) is 11.6 Å². The first kappa shape index (κ1) is 30.1. The van der Waals surface area contributed by atoms with Crippen molar-refractivity contribution in [2.45, 2.75) is 25.5 Å². The molecule has 5 rings (SSSR count). The summed E-state index contributed by atoms with van der Waals surface area (Å²) in [6, 6.07) is 15.4. The van der Waals surface area contributed by atoms with Crippen molar-refractivity contribution in [3.8, 4) is 23.0 Å².